The third-order valence-corrected chi connectivity index (χ3v) is 5.87. The van der Waals surface area contributed by atoms with E-state index in [0.29, 0.717) is 24.6 Å². The lowest BCUT2D eigenvalue weighted by atomic mass is 10.3. The van der Waals surface area contributed by atoms with Crippen molar-refractivity contribution in [1.29, 1.82) is 0 Å². The molecule has 2 unspecified atom stereocenters. The first-order valence-corrected chi connectivity index (χ1v) is 11.9. The zero-order valence-corrected chi connectivity index (χ0v) is 15.1. The lowest BCUT2D eigenvalue weighted by molar-refractivity contribution is -0.114. The van der Waals surface area contributed by atoms with Gasteiger partial charge in [-0.25, -0.2) is 0 Å². The summed E-state index contributed by atoms with van der Waals surface area (Å²) >= 11 is 10.7. The lowest BCUT2D eigenvalue weighted by Gasteiger charge is -2.12. The Kier molecular flexibility index (Phi) is 10.9. The molecule has 4 atom stereocenters. The van der Waals surface area contributed by atoms with Crippen molar-refractivity contribution in [1.82, 2.24) is 0 Å². The highest BCUT2D eigenvalue weighted by atomic mass is 32.8. The van der Waals surface area contributed by atoms with Gasteiger partial charge in [0.25, 0.3) is 0 Å². The van der Waals surface area contributed by atoms with Gasteiger partial charge in [-0.3, -0.25) is 9.59 Å². The predicted octanol–water partition coefficient (Wildman–Crippen LogP) is -0.372. The average Bonchev–Trinajstić information content (AvgIpc) is 2.32. The molecule has 0 bridgehead atoms. The number of carbonyl (C=O) groups is 2. The van der Waals surface area contributed by atoms with Crippen LogP contribution in [0.1, 0.15) is 12.8 Å². The minimum atomic E-state index is -0.640. The molecule has 9 heteroatoms. The maximum absolute atomic E-state index is 11.7. The van der Waals surface area contributed by atoms with Crippen molar-refractivity contribution in [2.24, 2.45) is 11.5 Å². The number of nitrogens with two attached hydrogens (primary N) is 2. The topological polar surface area (TPSA) is 86.2 Å². The molecular formula is C10H20N2O2S5. The zero-order chi connectivity index (χ0) is 15.0. The summed E-state index contributed by atoms with van der Waals surface area (Å²) in [6, 6.07) is -1.28. The van der Waals surface area contributed by atoms with Gasteiger partial charge >= 0.3 is 0 Å². The molecule has 0 radical (unpaired) electrons. The molecular weight excluding hydrogens is 340 g/mol. The van der Waals surface area contributed by atoms with Crippen LogP contribution in [0.2, 0.25) is 0 Å². The van der Waals surface area contributed by atoms with E-state index in [4.69, 9.17) is 33.8 Å². The molecule has 4 N–H and O–H groups in total. The van der Waals surface area contributed by atoms with Gasteiger partial charge < -0.3 is 11.5 Å². The van der Waals surface area contributed by atoms with E-state index in [1.807, 2.05) is 12.5 Å². The van der Waals surface area contributed by atoms with E-state index in [1.165, 1.54) is 0 Å². The molecule has 112 valence electrons. The van der Waals surface area contributed by atoms with Gasteiger partial charge in [-0.15, -0.1) is 18.9 Å². The highest BCUT2D eigenvalue weighted by molar-refractivity contribution is 8.28. The monoisotopic (exact) mass is 360 g/mol. The van der Waals surface area contributed by atoms with Gasteiger partial charge in [0.05, 0.1) is 12.1 Å². The molecule has 0 aliphatic carbocycles. The summed E-state index contributed by atoms with van der Waals surface area (Å²) in [7, 11) is -0.322. The Morgan fingerprint density at radius 2 is 1.32 bits per heavy atom. The van der Waals surface area contributed by atoms with E-state index in [1.54, 1.807) is 0 Å². The van der Waals surface area contributed by atoms with Gasteiger partial charge in [-0.2, -0.15) is 0 Å². The van der Waals surface area contributed by atoms with Crippen LogP contribution in [0.25, 0.3) is 0 Å². The first kappa shape index (κ1) is 19.8. The van der Waals surface area contributed by atoms with Crippen LogP contribution in [-0.2, 0) is 50.9 Å². The summed E-state index contributed by atoms with van der Waals surface area (Å²) in [5, 5.41) is -0.649. The smallest absolute Gasteiger partial charge is 0.213 e. The number of hydrogen-bond acceptors (Lipinski definition) is 7. The SMILES string of the molecule is CS(=S)CC[C@H](N)C(=O)SC(=O)[C@@H](N)CCS(C)=S. The Bertz CT molecular complexity index is 341. The molecule has 0 aliphatic heterocycles. The first-order chi connectivity index (χ1) is 8.73. The van der Waals surface area contributed by atoms with Crippen LogP contribution in [0, 0.1) is 0 Å². The third kappa shape index (κ3) is 10.2. The Labute approximate surface area is 133 Å². The fourth-order valence-corrected chi connectivity index (χ4v) is 3.56. The molecule has 4 nitrogen and oxygen atoms in total. The number of carbonyl (C=O) groups excluding carboxylic acids is 2. The van der Waals surface area contributed by atoms with Crippen molar-refractivity contribution in [2.75, 3.05) is 24.0 Å². The van der Waals surface area contributed by atoms with E-state index in [9.17, 15) is 9.59 Å². The van der Waals surface area contributed by atoms with E-state index < -0.39 is 12.1 Å². The second-order valence-corrected chi connectivity index (χ2v) is 11.6. The molecule has 0 aromatic rings. The van der Waals surface area contributed by atoms with Crippen molar-refractivity contribution in [3.63, 3.8) is 0 Å². The Morgan fingerprint density at radius 3 is 1.58 bits per heavy atom. The fourth-order valence-electron chi connectivity index (χ4n) is 1.07. The average molecular weight is 361 g/mol. The summed E-state index contributed by atoms with van der Waals surface area (Å²) in [6.45, 7) is 0. The molecule has 0 saturated heterocycles. The van der Waals surface area contributed by atoms with Crippen LogP contribution in [-0.4, -0.2) is 46.3 Å². The molecule has 0 aromatic heterocycles. The predicted molar refractivity (Wildman–Crippen MR) is 93.8 cm³/mol. The molecule has 0 fully saturated rings. The van der Waals surface area contributed by atoms with E-state index >= 15 is 0 Å². The Balaban J connectivity index is 4.12. The van der Waals surface area contributed by atoms with Gasteiger partial charge in [-0.1, -0.05) is 22.4 Å². The fraction of sp³-hybridized carbons (Fsp3) is 0.800. The van der Waals surface area contributed by atoms with Gasteiger partial charge in [0, 0.05) is 0 Å². The van der Waals surface area contributed by atoms with Gasteiger partial charge in [0.2, 0.25) is 10.2 Å². The number of hydrogen-bond donors (Lipinski definition) is 2. The summed E-state index contributed by atoms with van der Waals surface area (Å²) in [5.41, 5.74) is 11.4. The Hall–Kier alpha value is 0.750. The van der Waals surface area contributed by atoms with Crippen LogP contribution in [0.3, 0.4) is 0 Å². The van der Waals surface area contributed by atoms with Crippen LogP contribution in [0.5, 0.6) is 0 Å². The standard InChI is InChI=1S/C10H20N2O2S5/c1-18(15)5-3-7(11)9(13)17-10(14)8(12)4-6-19(2)16/h7-8H,3-6,11-12H2,1-2H3/t7-,8-,18?,19?/m0/s1. The second-order valence-electron chi connectivity index (χ2n) is 4.09. The minimum Gasteiger partial charge on any atom is -0.321 e. The van der Waals surface area contributed by atoms with E-state index in [-0.39, 0.29) is 29.1 Å². The normalized spacial score (nSPS) is 17.5. The number of rotatable bonds is 8. The van der Waals surface area contributed by atoms with E-state index in [0.717, 1.165) is 11.5 Å². The van der Waals surface area contributed by atoms with Gasteiger partial charge in [0.15, 0.2) is 0 Å². The van der Waals surface area contributed by atoms with Crippen LogP contribution >= 0.6 is 11.8 Å². The maximum Gasteiger partial charge on any atom is 0.213 e. The van der Waals surface area contributed by atoms with Crippen molar-refractivity contribution >= 4 is 63.3 Å². The van der Waals surface area contributed by atoms with E-state index in [2.05, 4.69) is 0 Å². The minimum absolute atomic E-state index is 0.161. The molecule has 0 aliphatic rings. The van der Waals surface area contributed by atoms with Crippen LogP contribution in [0.15, 0.2) is 0 Å². The Morgan fingerprint density at radius 1 is 1.00 bits per heavy atom. The summed E-state index contributed by atoms with van der Waals surface area (Å²) in [6.07, 6.45) is 4.86. The highest BCUT2D eigenvalue weighted by Gasteiger charge is 2.22. The molecule has 0 heterocycles. The van der Waals surface area contributed by atoms with Gasteiger partial charge in [0.1, 0.15) is 0 Å². The molecule has 0 saturated carbocycles. The molecule has 0 aromatic carbocycles. The molecule has 0 amide bonds. The van der Waals surface area contributed by atoms with Crippen molar-refractivity contribution in [3.05, 3.63) is 0 Å². The lowest BCUT2D eigenvalue weighted by Crippen LogP contribution is -2.35. The molecule has 19 heavy (non-hydrogen) atoms. The molecule has 0 rings (SSSR count). The summed E-state index contributed by atoms with van der Waals surface area (Å²) in [5.74, 6) is 1.44. The van der Waals surface area contributed by atoms with Crippen LogP contribution in [0.4, 0.5) is 0 Å². The first-order valence-electron chi connectivity index (χ1n) is 5.60. The van der Waals surface area contributed by atoms with Crippen molar-refractivity contribution in [3.8, 4) is 0 Å². The highest BCUT2D eigenvalue weighted by Crippen LogP contribution is 2.12. The zero-order valence-electron chi connectivity index (χ0n) is 11.0. The maximum atomic E-state index is 11.7. The summed E-state index contributed by atoms with van der Waals surface area (Å²) < 4.78 is 0. The van der Waals surface area contributed by atoms with Gasteiger partial charge in [-0.05, 0) is 48.6 Å². The van der Waals surface area contributed by atoms with Crippen molar-refractivity contribution in [2.45, 2.75) is 24.9 Å². The second kappa shape index (κ2) is 10.5. The third-order valence-electron chi connectivity index (χ3n) is 2.24. The quantitative estimate of drug-likeness (QED) is 0.610. The van der Waals surface area contributed by atoms with Crippen LogP contribution < -0.4 is 11.5 Å². The largest absolute Gasteiger partial charge is 0.321 e. The number of thioether (sulfide) groups is 1. The van der Waals surface area contributed by atoms with Crippen molar-refractivity contribution < 1.29 is 9.59 Å². The molecule has 0 spiro atoms. The summed E-state index contributed by atoms with van der Waals surface area (Å²) in [4.78, 5) is 23.4.